The monoisotopic (exact) mass is 254 g/mol. The highest BCUT2D eigenvalue weighted by molar-refractivity contribution is 4.63. The van der Waals surface area contributed by atoms with Crippen LogP contribution in [0.1, 0.15) is 98.8 Å². The van der Waals surface area contributed by atoms with Crippen molar-refractivity contribution >= 4 is 0 Å². The second kappa shape index (κ2) is 12.1. The fourth-order valence-corrected chi connectivity index (χ4v) is 2.73. The SMILES string of the molecule is CCCCC(CCCCCCC(C)CC)C(C)C. The van der Waals surface area contributed by atoms with E-state index in [4.69, 9.17) is 0 Å². The van der Waals surface area contributed by atoms with Crippen LogP contribution in [-0.2, 0) is 0 Å². The molecule has 0 fully saturated rings. The van der Waals surface area contributed by atoms with Gasteiger partial charge < -0.3 is 0 Å². The van der Waals surface area contributed by atoms with E-state index in [1.165, 1.54) is 64.2 Å². The zero-order valence-corrected chi connectivity index (χ0v) is 13.8. The Bertz CT molecular complexity index is 159. The van der Waals surface area contributed by atoms with Crippen LogP contribution in [0.2, 0.25) is 0 Å². The summed E-state index contributed by atoms with van der Waals surface area (Å²) in [6, 6.07) is 0. The van der Waals surface area contributed by atoms with Crippen molar-refractivity contribution < 1.29 is 0 Å². The lowest BCUT2D eigenvalue weighted by Gasteiger charge is -2.20. The summed E-state index contributed by atoms with van der Waals surface area (Å²) in [5, 5.41) is 0. The zero-order valence-electron chi connectivity index (χ0n) is 13.8. The van der Waals surface area contributed by atoms with Crippen LogP contribution in [0.3, 0.4) is 0 Å². The summed E-state index contributed by atoms with van der Waals surface area (Å²) in [6.45, 7) is 11.8. The molecule has 0 saturated carbocycles. The Labute approximate surface area is 117 Å². The highest BCUT2D eigenvalue weighted by atomic mass is 14.2. The molecule has 0 heteroatoms. The molecule has 0 aromatic carbocycles. The minimum Gasteiger partial charge on any atom is -0.0654 e. The molecular weight excluding hydrogens is 216 g/mol. The lowest BCUT2D eigenvalue weighted by Crippen LogP contribution is -2.08. The standard InChI is InChI=1S/C18H38/c1-6-8-14-18(16(3)4)15-12-10-9-11-13-17(5)7-2/h16-18H,6-15H2,1-5H3. The molecule has 0 saturated heterocycles. The van der Waals surface area contributed by atoms with Gasteiger partial charge in [-0.25, -0.2) is 0 Å². The summed E-state index contributed by atoms with van der Waals surface area (Å²) in [4.78, 5) is 0. The van der Waals surface area contributed by atoms with Gasteiger partial charge in [-0.3, -0.25) is 0 Å². The molecule has 0 aliphatic carbocycles. The Kier molecular flexibility index (Phi) is 12.1. The topological polar surface area (TPSA) is 0 Å². The Morgan fingerprint density at radius 2 is 1.22 bits per heavy atom. The first-order valence-corrected chi connectivity index (χ1v) is 8.61. The third-order valence-electron chi connectivity index (χ3n) is 4.59. The number of hydrogen-bond donors (Lipinski definition) is 0. The summed E-state index contributed by atoms with van der Waals surface area (Å²) in [5.74, 6) is 2.81. The minimum atomic E-state index is 0.886. The maximum absolute atomic E-state index is 2.41. The summed E-state index contributed by atoms with van der Waals surface area (Å²) in [6.07, 6.45) is 14.4. The largest absolute Gasteiger partial charge is 0.0654 e. The number of unbranched alkanes of at least 4 members (excludes halogenated alkanes) is 4. The van der Waals surface area contributed by atoms with Crippen molar-refractivity contribution in [1.82, 2.24) is 0 Å². The first-order valence-electron chi connectivity index (χ1n) is 8.61. The second-order valence-electron chi connectivity index (χ2n) is 6.65. The second-order valence-corrected chi connectivity index (χ2v) is 6.65. The lowest BCUT2D eigenvalue weighted by molar-refractivity contribution is 0.315. The quantitative estimate of drug-likeness (QED) is 0.335. The molecule has 0 aromatic rings. The van der Waals surface area contributed by atoms with E-state index in [0.29, 0.717) is 0 Å². The number of hydrogen-bond acceptors (Lipinski definition) is 0. The lowest BCUT2D eigenvalue weighted by atomic mass is 9.86. The smallest absolute Gasteiger partial charge is 0.0391 e. The van der Waals surface area contributed by atoms with Crippen molar-refractivity contribution in [3.8, 4) is 0 Å². The molecule has 0 N–H and O–H groups in total. The normalized spacial score (nSPS) is 15.0. The van der Waals surface area contributed by atoms with Gasteiger partial charge in [-0.2, -0.15) is 0 Å². The summed E-state index contributed by atoms with van der Waals surface area (Å²) < 4.78 is 0. The van der Waals surface area contributed by atoms with Gasteiger partial charge in [0.1, 0.15) is 0 Å². The van der Waals surface area contributed by atoms with Gasteiger partial charge in [0.25, 0.3) is 0 Å². The maximum atomic E-state index is 2.41. The van der Waals surface area contributed by atoms with Crippen molar-refractivity contribution in [3.05, 3.63) is 0 Å². The van der Waals surface area contributed by atoms with Crippen LogP contribution < -0.4 is 0 Å². The third-order valence-corrected chi connectivity index (χ3v) is 4.59. The third kappa shape index (κ3) is 9.97. The van der Waals surface area contributed by atoms with Crippen molar-refractivity contribution in [1.29, 1.82) is 0 Å². The van der Waals surface area contributed by atoms with Crippen LogP contribution in [0.25, 0.3) is 0 Å². The van der Waals surface area contributed by atoms with Gasteiger partial charge >= 0.3 is 0 Å². The zero-order chi connectivity index (χ0) is 13.8. The molecule has 0 aromatic heterocycles. The van der Waals surface area contributed by atoms with E-state index in [1.807, 2.05) is 0 Å². The van der Waals surface area contributed by atoms with Crippen LogP contribution in [0.15, 0.2) is 0 Å². The first kappa shape index (κ1) is 18.0. The van der Waals surface area contributed by atoms with Gasteiger partial charge in [-0.05, 0) is 17.8 Å². The van der Waals surface area contributed by atoms with Crippen LogP contribution in [0.4, 0.5) is 0 Å². The molecule has 2 atom stereocenters. The molecule has 0 amide bonds. The molecule has 0 spiro atoms. The predicted molar refractivity (Wildman–Crippen MR) is 85.0 cm³/mol. The molecule has 0 rings (SSSR count). The van der Waals surface area contributed by atoms with Gasteiger partial charge in [0.15, 0.2) is 0 Å². The molecule has 110 valence electrons. The highest BCUT2D eigenvalue weighted by Gasteiger charge is 2.12. The molecule has 0 aliphatic heterocycles. The molecule has 0 radical (unpaired) electrons. The van der Waals surface area contributed by atoms with Crippen LogP contribution in [-0.4, -0.2) is 0 Å². The van der Waals surface area contributed by atoms with Crippen LogP contribution >= 0.6 is 0 Å². The Morgan fingerprint density at radius 3 is 1.72 bits per heavy atom. The first-order chi connectivity index (χ1) is 8.61. The van der Waals surface area contributed by atoms with E-state index in [-0.39, 0.29) is 0 Å². The molecule has 2 unspecified atom stereocenters. The predicted octanol–water partition coefficient (Wildman–Crippen LogP) is 6.84. The Balaban J connectivity index is 3.49. The van der Waals surface area contributed by atoms with Crippen LogP contribution in [0, 0.1) is 17.8 Å². The minimum absolute atomic E-state index is 0.886. The van der Waals surface area contributed by atoms with Gasteiger partial charge in [-0.1, -0.05) is 98.8 Å². The number of rotatable bonds is 12. The van der Waals surface area contributed by atoms with Gasteiger partial charge in [-0.15, -0.1) is 0 Å². The Hall–Kier alpha value is 0. The van der Waals surface area contributed by atoms with E-state index >= 15 is 0 Å². The van der Waals surface area contributed by atoms with Crippen molar-refractivity contribution in [2.24, 2.45) is 17.8 Å². The average molecular weight is 255 g/mol. The van der Waals surface area contributed by atoms with Gasteiger partial charge in [0, 0.05) is 0 Å². The van der Waals surface area contributed by atoms with E-state index < -0.39 is 0 Å². The van der Waals surface area contributed by atoms with Crippen molar-refractivity contribution in [2.75, 3.05) is 0 Å². The van der Waals surface area contributed by atoms with E-state index in [0.717, 1.165) is 17.8 Å². The summed E-state index contributed by atoms with van der Waals surface area (Å²) in [5.41, 5.74) is 0. The van der Waals surface area contributed by atoms with Gasteiger partial charge in [0.05, 0.1) is 0 Å². The van der Waals surface area contributed by atoms with Crippen molar-refractivity contribution in [3.63, 3.8) is 0 Å². The molecule has 0 aliphatic rings. The molecule has 0 heterocycles. The Morgan fingerprint density at radius 1 is 0.667 bits per heavy atom. The van der Waals surface area contributed by atoms with Crippen molar-refractivity contribution in [2.45, 2.75) is 98.8 Å². The molecule has 0 bridgehead atoms. The van der Waals surface area contributed by atoms with E-state index in [9.17, 15) is 0 Å². The molecule has 0 nitrogen and oxygen atoms in total. The summed E-state index contributed by atoms with van der Waals surface area (Å²) in [7, 11) is 0. The van der Waals surface area contributed by atoms with E-state index in [1.54, 1.807) is 0 Å². The average Bonchev–Trinajstić information content (AvgIpc) is 2.36. The fourth-order valence-electron chi connectivity index (χ4n) is 2.73. The maximum Gasteiger partial charge on any atom is -0.0391 e. The van der Waals surface area contributed by atoms with E-state index in [2.05, 4.69) is 34.6 Å². The van der Waals surface area contributed by atoms with Crippen LogP contribution in [0.5, 0.6) is 0 Å². The summed E-state index contributed by atoms with van der Waals surface area (Å²) >= 11 is 0. The molecular formula is C18H38. The van der Waals surface area contributed by atoms with Gasteiger partial charge in [0.2, 0.25) is 0 Å². The highest BCUT2D eigenvalue weighted by Crippen LogP contribution is 2.24. The molecule has 18 heavy (non-hydrogen) atoms. The fraction of sp³-hybridized carbons (Fsp3) is 1.00.